The van der Waals surface area contributed by atoms with Gasteiger partial charge in [-0.15, -0.1) is 0 Å². The van der Waals surface area contributed by atoms with Gasteiger partial charge in [0.1, 0.15) is 0 Å². The summed E-state index contributed by atoms with van der Waals surface area (Å²) in [5, 5.41) is 10.7. The normalized spacial score (nSPS) is 18.8. The number of anilines is 1. The second-order valence-corrected chi connectivity index (χ2v) is 9.12. The molecular weight excluding hydrogens is 430 g/mol. The van der Waals surface area contributed by atoms with Crippen molar-refractivity contribution < 1.29 is 4.79 Å². The lowest BCUT2D eigenvalue weighted by atomic mass is 10.1. The van der Waals surface area contributed by atoms with Crippen molar-refractivity contribution in [2.75, 3.05) is 30.3 Å². The molecule has 1 atom stereocenters. The molecular formula is C23H20ClN5OS. The summed E-state index contributed by atoms with van der Waals surface area (Å²) in [5.41, 5.74) is 3.79. The Morgan fingerprint density at radius 3 is 2.77 bits per heavy atom. The summed E-state index contributed by atoms with van der Waals surface area (Å²) in [7, 11) is 0. The number of nitrogens with zero attached hydrogens (tertiary/aromatic N) is 5. The Kier molecular flexibility index (Phi) is 5.45. The number of imidazole rings is 1. The molecule has 0 N–H and O–H groups in total. The highest BCUT2D eigenvalue weighted by Gasteiger charge is 2.30. The van der Waals surface area contributed by atoms with E-state index in [0.29, 0.717) is 30.2 Å². The standard InChI is InChI=1S/C23H20ClN5OS/c24-18-2-1-3-19(10-18)28-9-8-27(14-22(28)30)13-20-12-26-23-29(20)21(15-31-23)17-6-4-16(11-25)5-7-17/h1-7,10,12,21H,8-9,13-15H2. The van der Waals surface area contributed by atoms with Gasteiger partial charge in [-0.05, 0) is 35.9 Å². The van der Waals surface area contributed by atoms with Crippen LogP contribution in [0, 0.1) is 11.3 Å². The summed E-state index contributed by atoms with van der Waals surface area (Å²) in [4.78, 5) is 21.4. The highest BCUT2D eigenvalue weighted by Crippen LogP contribution is 2.38. The van der Waals surface area contributed by atoms with Crippen molar-refractivity contribution in [3.63, 3.8) is 0 Å². The number of halogens is 1. The van der Waals surface area contributed by atoms with Gasteiger partial charge in [0.2, 0.25) is 5.91 Å². The molecule has 0 spiro atoms. The van der Waals surface area contributed by atoms with Crippen LogP contribution in [-0.2, 0) is 11.3 Å². The Hall–Kier alpha value is -2.79. The number of hydrogen-bond donors (Lipinski definition) is 0. The third-order valence-electron chi connectivity index (χ3n) is 5.75. The van der Waals surface area contributed by atoms with Crippen molar-refractivity contribution in [1.29, 1.82) is 5.26 Å². The molecule has 0 radical (unpaired) electrons. The molecule has 0 bridgehead atoms. The lowest BCUT2D eigenvalue weighted by molar-refractivity contribution is -0.121. The van der Waals surface area contributed by atoms with Crippen LogP contribution in [0.15, 0.2) is 59.9 Å². The molecule has 1 unspecified atom stereocenters. The van der Waals surface area contributed by atoms with Crippen molar-refractivity contribution in [2.24, 2.45) is 0 Å². The minimum atomic E-state index is 0.0766. The van der Waals surface area contributed by atoms with E-state index in [2.05, 4.69) is 20.5 Å². The number of rotatable bonds is 4. The number of carbonyl (C=O) groups is 1. The van der Waals surface area contributed by atoms with Gasteiger partial charge in [-0.25, -0.2) is 4.98 Å². The molecule has 1 amide bonds. The maximum atomic E-state index is 12.8. The van der Waals surface area contributed by atoms with Gasteiger partial charge in [-0.3, -0.25) is 9.69 Å². The average molecular weight is 450 g/mol. The van der Waals surface area contributed by atoms with Crippen molar-refractivity contribution in [2.45, 2.75) is 17.7 Å². The Morgan fingerprint density at radius 2 is 2.03 bits per heavy atom. The van der Waals surface area contributed by atoms with Gasteiger partial charge < -0.3 is 9.47 Å². The van der Waals surface area contributed by atoms with Gasteiger partial charge in [0.25, 0.3) is 0 Å². The summed E-state index contributed by atoms with van der Waals surface area (Å²) in [6.07, 6.45) is 1.92. The predicted molar refractivity (Wildman–Crippen MR) is 121 cm³/mol. The molecule has 1 aromatic heterocycles. The van der Waals surface area contributed by atoms with E-state index >= 15 is 0 Å². The fourth-order valence-electron chi connectivity index (χ4n) is 4.19. The molecule has 8 heteroatoms. The summed E-state index contributed by atoms with van der Waals surface area (Å²) < 4.78 is 2.28. The first-order valence-corrected chi connectivity index (χ1v) is 11.5. The zero-order chi connectivity index (χ0) is 21.4. The van der Waals surface area contributed by atoms with Gasteiger partial charge >= 0.3 is 0 Å². The van der Waals surface area contributed by atoms with E-state index in [4.69, 9.17) is 16.9 Å². The summed E-state index contributed by atoms with van der Waals surface area (Å²) in [6.45, 7) is 2.46. The van der Waals surface area contributed by atoms with Crippen LogP contribution in [0.2, 0.25) is 5.02 Å². The molecule has 6 nitrogen and oxygen atoms in total. The molecule has 2 aliphatic heterocycles. The first-order valence-electron chi connectivity index (χ1n) is 10.1. The molecule has 31 heavy (non-hydrogen) atoms. The predicted octanol–water partition coefficient (Wildman–Crippen LogP) is 3.95. The number of thioether (sulfide) groups is 1. The zero-order valence-electron chi connectivity index (χ0n) is 16.7. The summed E-state index contributed by atoms with van der Waals surface area (Å²) >= 11 is 7.84. The van der Waals surface area contributed by atoms with Gasteiger partial charge in [-0.2, -0.15) is 5.26 Å². The summed E-state index contributed by atoms with van der Waals surface area (Å²) in [5.74, 6) is 0.997. The molecule has 0 saturated carbocycles. The lowest BCUT2D eigenvalue weighted by Gasteiger charge is -2.34. The van der Waals surface area contributed by atoms with E-state index in [1.807, 2.05) is 54.7 Å². The van der Waals surface area contributed by atoms with Crippen molar-refractivity contribution in [3.8, 4) is 6.07 Å². The average Bonchev–Trinajstić information content (AvgIpc) is 3.37. The van der Waals surface area contributed by atoms with E-state index in [1.54, 1.807) is 16.7 Å². The number of fused-ring (bicyclic) bond motifs is 1. The molecule has 3 heterocycles. The number of hydrogen-bond acceptors (Lipinski definition) is 5. The molecule has 2 aromatic carbocycles. The van der Waals surface area contributed by atoms with Crippen LogP contribution in [0.5, 0.6) is 0 Å². The first kappa shape index (κ1) is 20.1. The maximum absolute atomic E-state index is 12.8. The quantitative estimate of drug-likeness (QED) is 0.603. The first-order chi connectivity index (χ1) is 15.1. The van der Waals surface area contributed by atoms with Gasteiger partial charge in [0.15, 0.2) is 5.16 Å². The van der Waals surface area contributed by atoms with Gasteiger partial charge in [0.05, 0.1) is 36.1 Å². The molecule has 0 aliphatic carbocycles. The largest absolute Gasteiger partial charge is 0.313 e. The van der Waals surface area contributed by atoms with Crippen molar-refractivity contribution in [3.05, 3.63) is 76.6 Å². The number of amides is 1. The number of piperazine rings is 1. The minimum Gasteiger partial charge on any atom is -0.313 e. The van der Waals surface area contributed by atoms with Gasteiger partial charge in [-0.1, -0.05) is 41.6 Å². The maximum Gasteiger partial charge on any atom is 0.241 e. The monoisotopic (exact) mass is 449 g/mol. The van der Waals surface area contributed by atoms with E-state index in [9.17, 15) is 4.79 Å². The van der Waals surface area contributed by atoms with Crippen LogP contribution in [0.25, 0.3) is 0 Å². The smallest absolute Gasteiger partial charge is 0.241 e. The van der Waals surface area contributed by atoms with Crippen LogP contribution < -0.4 is 4.90 Å². The third-order valence-corrected chi connectivity index (χ3v) is 7.03. The number of nitriles is 1. The lowest BCUT2D eigenvalue weighted by Crippen LogP contribution is -2.50. The number of benzene rings is 2. The molecule has 1 saturated heterocycles. The molecule has 3 aromatic rings. The fraction of sp³-hybridized carbons (Fsp3) is 0.261. The van der Waals surface area contributed by atoms with E-state index in [1.165, 1.54) is 5.56 Å². The molecule has 5 rings (SSSR count). The van der Waals surface area contributed by atoms with Crippen LogP contribution in [0.4, 0.5) is 5.69 Å². The van der Waals surface area contributed by atoms with Crippen molar-refractivity contribution in [1.82, 2.24) is 14.5 Å². The van der Waals surface area contributed by atoms with Crippen LogP contribution in [0.3, 0.4) is 0 Å². The highest BCUT2D eigenvalue weighted by molar-refractivity contribution is 7.99. The Bertz CT molecular complexity index is 1170. The SMILES string of the molecule is N#Cc1ccc(C2CSc3ncc(CN4CCN(c5cccc(Cl)c5)C(=O)C4)n32)cc1. The number of carbonyl (C=O) groups excluding carboxylic acids is 1. The van der Waals surface area contributed by atoms with E-state index in [0.717, 1.165) is 28.8 Å². The third kappa shape index (κ3) is 3.94. The second kappa shape index (κ2) is 8.39. The summed E-state index contributed by atoms with van der Waals surface area (Å²) in [6, 6.07) is 17.6. The van der Waals surface area contributed by atoms with E-state index < -0.39 is 0 Å². The van der Waals surface area contributed by atoms with Crippen LogP contribution in [-0.4, -0.2) is 45.7 Å². The molecule has 2 aliphatic rings. The molecule has 1 fully saturated rings. The van der Waals surface area contributed by atoms with Crippen LogP contribution >= 0.6 is 23.4 Å². The van der Waals surface area contributed by atoms with E-state index in [-0.39, 0.29) is 11.9 Å². The molecule has 156 valence electrons. The van der Waals surface area contributed by atoms with Gasteiger partial charge in [0, 0.05) is 36.1 Å². The highest BCUT2D eigenvalue weighted by atomic mass is 35.5. The topological polar surface area (TPSA) is 65.2 Å². The fourth-order valence-corrected chi connectivity index (χ4v) is 5.53. The Balaban J connectivity index is 1.31. The van der Waals surface area contributed by atoms with Crippen LogP contribution in [0.1, 0.15) is 22.9 Å². The Morgan fingerprint density at radius 1 is 1.19 bits per heavy atom. The zero-order valence-corrected chi connectivity index (χ0v) is 18.3. The minimum absolute atomic E-state index is 0.0766. The Labute approximate surface area is 190 Å². The second-order valence-electron chi connectivity index (χ2n) is 7.70. The van der Waals surface area contributed by atoms with Crippen molar-refractivity contribution >= 4 is 35.0 Å². The number of aromatic nitrogens is 2.